The molecule has 0 bridgehead atoms. The average molecular weight is 482 g/mol. The molecule has 8 nitrogen and oxygen atoms in total. The Hall–Kier alpha value is -2.03. The van der Waals surface area contributed by atoms with E-state index >= 15 is 0 Å². The van der Waals surface area contributed by atoms with Gasteiger partial charge < -0.3 is 25.3 Å². The second-order valence-electron chi connectivity index (χ2n) is 9.07. The predicted molar refractivity (Wildman–Crippen MR) is 128 cm³/mol. The minimum absolute atomic E-state index is 0.0696. The van der Waals surface area contributed by atoms with Gasteiger partial charge in [0.1, 0.15) is 11.9 Å². The summed E-state index contributed by atoms with van der Waals surface area (Å²) in [6, 6.07) is 2.88. The van der Waals surface area contributed by atoms with Gasteiger partial charge in [-0.2, -0.15) is 0 Å². The fourth-order valence-corrected chi connectivity index (χ4v) is 4.80. The Bertz CT molecular complexity index is 831. The van der Waals surface area contributed by atoms with Crippen molar-refractivity contribution in [2.75, 3.05) is 39.6 Å². The molecule has 3 unspecified atom stereocenters. The summed E-state index contributed by atoms with van der Waals surface area (Å²) in [6.07, 6.45) is 5.99. The first kappa shape index (κ1) is 25.6. The number of nitrogens with one attached hydrogen (secondary N) is 1. The molecule has 1 heterocycles. The summed E-state index contributed by atoms with van der Waals surface area (Å²) < 4.78 is 16.7. The number of likely N-dealkylation sites (tertiary alicyclic amines) is 1. The molecule has 1 aromatic rings. The van der Waals surface area contributed by atoms with E-state index in [1.54, 1.807) is 13.2 Å². The van der Waals surface area contributed by atoms with E-state index < -0.39 is 0 Å². The van der Waals surface area contributed by atoms with E-state index in [1.165, 1.54) is 19.6 Å². The van der Waals surface area contributed by atoms with Crippen molar-refractivity contribution >= 4 is 29.2 Å². The number of nitrogen functional groups attached to an aromatic ring is 1. The van der Waals surface area contributed by atoms with E-state index in [-0.39, 0.29) is 36.0 Å². The number of ether oxygens (including phenoxy) is 3. The lowest BCUT2D eigenvalue weighted by atomic mass is 9.97. The van der Waals surface area contributed by atoms with Gasteiger partial charge in [-0.15, -0.1) is 0 Å². The van der Waals surface area contributed by atoms with Crippen molar-refractivity contribution < 1.29 is 23.8 Å². The maximum Gasteiger partial charge on any atom is 0.310 e. The van der Waals surface area contributed by atoms with Gasteiger partial charge in [0.15, 0.2) is 0 Å². The van der Waals surface area contributed by atoms with Gasteiger partial charge in [0.2, 0.25) is 0 Å². The average Bonchev–Trinajstić information content (AvgIpc) is 2.81. The molecule has 3 atom stereocenters. The number of esters is 1. The second kappa shape index (κ2) is 11.9. The molecule has 0 spiro atoms. The first-order valence-corrected chi connectivity index (χ1v) is 12.1. The maximum atomic E-state index is 12.9. The SMILES string of the molecule is COc1cc(N)c(Cl)cc1C(=O)NC1CCN(CC(C)C(=O)OC2CCCCC2)CC1OC. The summed E-state index contributed by atoms with van der Waals surface area (Å²) in [5, 5.41) is 3.35. The highest BCUT2D eigenvalue weighted by molar-refractivity contribution is 6.33. The molecular weight excluding hydrogens is 446 g/mol. The Morgan fingerprint density at radius 2 is 1.94 bits per heavy atom. The van der Waals surface area contributed by atoms with E-state index in [1.807, 2.05) is 6.92 Å². The van der Waals surface area contributed by atoms with Crippen LogP contribution < -0.4 is 15.8 Å². The zero-order chi connectivity index (χ0) is 24.0. The first-order chi connectivity index (χ1) is 15.8. The molecule has 2 aliphatic rings. The van der Waals surface area contributed by atoms with Crippen LogP contribution in [-0.2, 0) is 14.3 Å². The van der Waals surface area contributed by atoms with Crippen LogP contribution in [0.5, 0.6) is 5.75 Å². The number of hydrogen-bond acceptors (Lipinski definition) is 7. The standard InChI is InChI=1S/C24H36ClN3O5/c1-15(24(30)33-16-7-5-4-6-8-16)13-28-10-9-20(22(14-28)32-3)27-23(29)17-11-18(25)19(26)12-21(17)31-2/h11-12,15-16,20,22H,4-10,13-14,26H2,1-3H3,(H,27,29). The molecule has 1 saturated heterocycles. The van der Waals surface area contributed by atoms with Crippen LogP contribution in [0.3, 0.4) is 0 Å². The van der Waals surface area contributed by atoms with Crippen LogP contribution in [0, 0.1) is 5.92 Å². The maximum absolute atomic E-state index is 12.9. The normalized spacial score (nSPS) is 23.0. The third-order valence-electron chi connectivity index (χ3n) is 6.60. The van der Waals surface area contributed by atoms with Gasteiger partial charge in [-0.25, -0.2) is 0 Å². The van der Waals surface area contributed by atoms with Gasteiger partial charge in [-0.05, 0) is 38.2 Å². The predicted octanol–water partition coefficient (Wildman–Crippen LogP) is 3.26. The molecule has 0 aromatic heterocycles. The molecule has 1 aromatic carbocycles. The van der Waals surface area contributed by atoms with E-state index in [0.717, 1.165) is 32.2 Å². The lowest BCUT2D eigenvalue weighted by molar-refractivity contribution is -0.155. The summed E-state index contributed by atoms with van der Waals surface area (Å²) in [5.74, 6) is -0.264. The summed E-state index contributed by atoms with van der Waals surface area (Å²) >= 11 is 6.11. The molecule has 33 heavy (non-hydrogen) atoms. The van der Waals surface area contributed by atoms with E-state index in [9.17, 15) is 9.59 Å². The summed E-state index contributed by atoms with van der Waals surface area (Å²) in [7, 11) is 3.12. The van der Waals surface area contributed by atoms with Crippen LogP contribution >= 0.6 is 11.6 Å². The van der Waals surface area contributed by atoms with Crippen LogP contribution in [0.2, 0.25) is 5.02 Å². The Morgan fingerprint density at radius 1 is 1.21 bits per heavy atom. The van der Waals surface area contributed by atoms with E-state index in [4.69, 9.17) is 31.5 Å². The number of carbonyl (C=O) groups excluding carboxylic acids is 2. The number of benzene rings is 1. The number of nitrogens with two attached hydrogens (primary N) is 1. The number of amides is 1. The molecule has 2 fully saturated rings. The molecule has 1 aliphatic carbocycles. The molecule has 9 heteroatoms. The van der Waals surface area contributed by atoms with Crippen LogP contribution in [0.15, 0.2) is 12.1 Å². The number of anilines is 1. The van der Waals surface area contributed by atoms with Crippen molar-refractivity contribution in [1.29, 1.82) is 0 Å². The molecule has 1 aliphatic heterocycles. The van der Waals surface area contributed by atoms with Crippen molar-refractivity contribution in [3.8, 4) is 5.75 Å². The van der Waals surface area contributed by atoms with Crippen molar-refractivity contribution in [2.24, 2.45) is 5.92 Å². The summed E-state index contributed by atoms with van der Waals surface area (Å²) in [5.41, 5.74) is 6.50. The zero-order valence-electron chi connectivity index (χ0n) is 19.8. The molecule has 184 valence electrons. The Labute approximate surface area is 201 Å². The highest BCUT2D eigenvalue weighted by Gasteiger charge is 2.33. The summed E-state index contributed by atoms with van der Waals surface area (Å²) in [6.45, 7) is 3.87. The monoisotopic (exact) mass is 481 g/mol. The largest absolute Gasteiger partial charge is 0.496 e. The van der Waals surface area contributed by atoms with Crippen LogP contribution in [0.4, 0.5) is 5.69 Å². The number of halogens is 1. The second-order valence-corrected chi connectivity index (χ2v) is 9.48. The Balaban J connectivity index is 1.54. The van der Waals surface area contributed by atoms with Crippen LogP contribution in [0.1, 0.15) is 55.8 Å². The Kier molecular flexibility index (Phi) is 9.23. The smallest absolute Gasteiger partial charge is 0.310 e. The Morgan fingerprint density at radius 3 is 2.61 bits per heavy atom. The minimum atomic E-state index is -0.293. The molecule has 0 radical (unpaired) electrons. The number of hydrogen-bond donors (Lipinski definition) is 2. The first-order valence-electron chi connectivity index (χ1n) is 11.7. The van der Waals surface area contributed by atoms with E-state index in [2.05, 4.69) is 10.2 Å². The van der Waals surface area contributed by atoms with Gasteiger partial charge in [0, 0.05) is 32.8 Å². The molecular formula is C24H36ClN3O5. The number of carbonyl (C=O) groups is 2. The summed E-state index contributed by atoms with van der Waals surface area (Å²) in [4.78, 5) is 27.7. The third-order valence-corrected chi connectivity index (χ3v) is 6.92. The lowest BCUT2D eigenvalue weighted by Crippen LogP contribution is -2.55. The van der Waals surface area contributed by atoms with Gasteiger partial charge >= 0.3 is 5.97 Å². The van der Waals surface area contributed by atoms with Gasteiger partial charge in [0.25, 0.3) is 5.91 Å². The van der Waals surface area contributed by atoms with Gasteiger partial charge in [0.05, 0.1) is 41.4 Å². The highest BCUT2D eigenvalue weighted by Crippen LogP contribution is 2.29. The topological polar surface area (TPSA) is 103 Å². The minimum Gasteiger partial charge on any atom is -0.496 e. The van der Waals surface area contributed by atoms with Crippen molar-refractivity contribution in [3.05, 3.63) is 22.7 Å². The number of piperidine rings is 1. The molecule has 3 rings (SSSR count). The molecule has 3 N–H and O–H groups in total. The molecule has 1 saturated carbocycles. The number of methoxy groups -OCH3 is 2. The fraction of sp³-hybridized carbons (Fsp3) is 0.667. The van der Waals surface area contributed by atoms with Crippen LogP contribution in [0.25, 0.3) is 0 Å². The van der Waals surface area contributed by atoms with Crippen molar-refractivity contribution in [2.45, 2.75) is 63.7 Å². The van der Waals surface area contributed by atoms with Crippen molar-refractivity contribution in [3.63, 3.8) is 0 Å². The number of rotatable bonds is 8. The fourth-order valence-electron chi connectivity index (χ4n) is 4.64. The third kappa shape index (κ3) is 6.74. The lowest BCUT2D eigenvalue weighted by Gasteiger charge is -2.39. The zero-order valence-corrected chi connectivity index (χ0v) is 20.5. The van der Waals surface area contributed by atoms with Crippen LogP contribution in [-0.4, -0.2) is 68.9 Å². The van der Waals surface area contributed by atoms with Crippen molar-refractivity contribution in [1.82, 2.24) is 10.2 Å². The number of nitrogens with zero attached hydrogens (tertiary/aromatic N) is 1. The van der Waals surface area contributed by atoms with Gasteiger partial charge in [-0.1, -0.05) is 24.9 Å². The molecule has 1 amide bonds. The van der Waals surface area contributed by atoms with E-state index in [0.29, 0.717) is 41.5 Å². The highest BCUT2D eigenvalue weighted by atomic mass is 35.5. The quantitative estimate of drug-likeness (QED) is 0.434. The van der Waals surface area contributed by atoms with Gasteiger partial charge in [-0.3, -0.25) is 14.5 Å².